The Morgan fingerprint density at radius 3 is 2.27 bits per heavy atom. The Morgan fingerprint density at radius 1 is 1.00 bits per heavy atom. The number of nitrogens with one attached hydrogen (secondary N) is 3. The number of amides is 3. The molecule has 0 saturated heterocycles. The Bertz CT molecular complexity index is 884. The molecule has 0 bridgehead atoms. The summed E-state index contributed by atoms with van der Waals surface area (Å²) in [4.78, 5) is 36.8. The Morgan fingerprint density at radius 2 is 1.67 bits per heavy atom. The fourth-order valence-electron chi connectivity index (χ4n) is 2.68. The van der Waals surface area contributed by atoms with Crippen LogP contribution in [0, 0.1) is 11.7 Å². The number of hydrogen-bond acceptors (Lipinski definition) is 4. The average Bonchev–Trinajstić information content (AvgIpc) is 2.74. The van der Waals surface area contributed by atoms with Crippen LogP contribution in [-0.2, 0) is 16.1 Å². The maximum atomic E-state index is 13.8. The molecule has 0 heterocycles. The van der Waals surface area contributed by atoms with Crippen molar-refractivity contribution in [3.8, 4) is 5.75 Å². The lowest BCUT2D eigenvalue weighted by Crippen LogP contribution is -2.51. The third-order valence-corrected chi connectivity index (χ3v) is 4.43. The smallest absolute Gasteiger partial charge is 0.254 e. The molecule has 0 aromatic heterocycles. The van der Waals surface area contributed by atoms with Gasteiger partial charge in [-0.3, -0.25) is 14.4 Å². The van der Waals surface area contributed by atoms with E-state index in [1.165, 1.54) is 24.3 Å². The molecule has 0 aliphatic heterocycles. The average molecular weight is 415 g/mol. The molecule has 2 aromatic rings. The number of benzene rings is 2. The van der Waals surface area contributed by atoms with Crippen molar-refractivity contribution in [3.05, 3.63) is 65.5 Å². The van der Waals surface area contributed by atoms with E-state index >= 15 is 0 Å². The zero-order valence-electron chi connectivity index (χ0n) is 17.2. The maximum Gasteiger partial charge on any atom is 0.254 e. The minimum atomic E-state index is -0.911. The van der Waals surface area contributed by atoms with Gasteiger partial charge in [0.1, 0.15) is 17.6 Å². The van der Waals surface area contributed by atoms with Gasteiger partial charge in [0.05, 0.1) is 19.2 Å². The van der Waals surface area contributed by atoms with Gasteiger partial charge in [-0.05, 0) is 35.7 Å². The Balaban J connectivity index is 1.86. The summed E-state index contributed by atoms with van der Waals surface area (Å²) in [6.45, 7) is 3.55. The highest BCUT2D eigenvalue weighted by Gasteiger charge is 2.25. The van der Waals surface area contributed by atoms with E-state index in [1.807, 2.05) is 12.1 Å². The minimum absolute atomic E-state index is 0.145. The normalized spacial score (nSPS) is 11.5. The van der Waals surface area contributed by atoms with Gasteiger partial charge in [0, 0.05) is 6.54 Å². The van der Waals surface area contributed by atoms with Gasteiger partial charge in [0.2, 0.25) is 11.8 Å². The molecule has 2 aromatic carbocycles. The van der Waals surface area contributed by atoms with Crippen LogP contribution in [0.25, 0.3) is 0 Å². The Hall–Kier alpha value is -3.42. The summed E-state index contributed by atoms with van der Waals surface area (Å²) in [7, 11) is 1.57. The largest absolute Gasteiger partial charge is 0.497 e. The fourth-order valence-corrected chi connectivity index (χ4v) is 2.68. The molecule has 30 heavy (non-hydrogen) atoms. The zero-order valence-corrected chi connectivity index (χ0v) is 17.2. The molecule has 2 rings (SSSR count). The molecule has 8 heteroatoms. The first-order valence-electron chi connectivity index (χ1n) is 9.54. The van der Waals surface area contributed by atoms with Crippen LogP contribution >= 0.6 is 0 Å². The molecule has 1 unspecified atom stereocenters. The minimum Gasteiger partial charge on any atom is -0.497 e. The van der Waals surface area contributed by atoms with Gasteiger partial charge >= 0.3 is 0 Å². The monoisotopic (exact) mass is 415 g/mol. The van der Waals surface area contributed by atoms with Crippen LogP contribution in [0.5, 0.6) is 5.75 Å². The standard InChI is InChI=1S/C22H26FN3O4/c1-14(2)20(26-21(28)17-6-4-5-7-18(17)23)22(29)25-13-19(27)24-12-15-8-10-16(30-3)11-9-15/h4-11,14,20H,12-13H2,1-3H3,(H,24,27)(H,25,29)(H,26,28). The molecule has 1 atom stereocenters. The maximum absolute atomic E-state index is 13.8. The predicted octanol–water partition coefficient (Wildman–Crippen LogP) is 2.02. The first kappa shape index (κ1) is 22.9. The number of carbonyl (C=O) groups excluding carboxylic acids is 3. The SMILES string of the molecule is COc1ccc(CNC(=O)CNC(=O)C(NC(=O)c2ccccc2F)C(C)C)cc1. The lowest BCUT2D eigenvalue weighted by Gasteiger charge is -2.21. The van der Waals surface area contributed by atoms with Crippen LogP contribution < -0.4 is 20.7 Å². The van der Waals surface area contributed by atoms with Crippen LogP contribution in [-0.4, -0.2) is 37.4 Å². The lowest BCUT2D eigenvalue weighted by atomic mass is 10.0. The van der Waals surface area contributed by atoms with E-state index < -0.39 is 23.7 Å². The van der Waals surface area contributed by atoms with Crippen molar-refractivity contribution >= 4 is 17.7 Å². The van der Waals surface area contributed by atoms with Gasteiger partial charge in [-0.15, -0.1) is 0 Å². The Kier molecular flexibility index (Phi) is 8.34. The highest BCUT2D eigenvalue weighted by atomic mass is 19.1. The second-order valence-electron chi connectivity index (χ2n) is 7.02. The first-order chi connectivity index (χ1) is 14.3. The van der Waals surface area contributed by atoms with E-state index in [1.54, 1.807) is 33.1 Å². The van der Waals surface area contributed by atoms with Crippen LogP contribution in [0.1, 0.15) is 29.8 Å². The Labute approximate surface area is 175 Å². The summed E-state index contributed by atoms with van der Waals surface area (Å²) in [6.07, 6.45) is 0. The summed E-state index contributed by atoms with van der Waals surface area (Å²) in [5.74, 6) is -1.80. The third kappa shape index (κ3) is 6.58. The van der Waals surface area contributed by atoms with Gasteiger partial charge in [0.15, 0.2) is 0 Å². The summed E-state index contributed by atoms with van der Waals surface area (Å²) >= 11 is 0. The van der Waals surface area contributed by atoms with Crippen molar-refractivity contribution < 1.29 is 23.5 Å². The van der Waals surface area contributed by atoms with Crippen molar-refractivity contribution in [3.63, 3.8) is 0 Å². The lowest BCUT2D eigenvalue weighted by molar-refractivity contribution is -0.127. The molecule has 0 radical (unpaired) electrons. The van der Waals surface area contributed by atoms with Gasteiger partial charge in [0.25, 0.3) is 5.91 Å². The molecule has 0 spiro atoms. The number of rotatable bonds is 9. The van der Waals surface area contributed by atoms with Crippen molar-refractivity contribution in [2.45, 2.75) is 26.4 Å². The highest BCUT2D eigenvalue weighted by Crippen LogP contribution is 2.11. The molecule has 7 nitrogen and oxygen atoms in total. The van der Waals surface area contributed by atoms with Crippen molar-refractivity contribution in [2.75, 3.05) is 13.7 Å². The first-order valence-corrected chi connectivity index (χ1v) is 9.54. The van der Waals surface area contributed by atoms with Crippen LogP contribution in [0.4, 0.5) is 4.39 Å². The molecule has 0 aliphatic rings. The van der Waals surface area contributed by atoms with Gasteiger partial charge in [-0.25, -0.2) is 4.39 Å². The summed E-state index contributed by atoms with van der Waals surface area (Å²) in [5.41, 5.74) is 0.737. The zero-order chi connectivity index (χ0) is 22.1. The van der Waals surface area contributed by atoms with E-state index in [-0.39, 0.29) is 23.9 Å². The van der Waals surface area contributed by atoms with Gasteiger partial charge < -0.3 is 20.7 Å². The van der Waals surface area contributed by atoms with E-state index in [4.69, 9.17) is 4.74 Å². The van der Waals surface area contributed by atoms with Gasteiger partial charge in [-0.1, -0.05) is 38.1 Å². The third-order valence-electron chi connectivity index (χ3n) is 4.43. The van der Waals surface area contributed by atoms with Crippen LogP contribution in [0.3, 0.4) is 0 Å². The van der Waals surface area contributed by atoms with E-state index in [9.17, 15) is 18.8 Å². The highest BCUT2D eigenvalue weighted by molar-refractivity contribution is 5.98. The van der Waals surface area contributed by atoms with Crippen molar-refractivity contribution in [1.82, 2.24) is 16.0 Å². The van der Waals surface area contributed by atoms with Crippen LogP contribution in [0.2, 0.25) is 0 Å². The molecule has 0 fully saturated rings. The number of carbonyl (C=O) groups is 3. The quantitative estimate of drug-likeness (QED) is 0.584. The summed E-state index contributed by atoms with van der Waals surface area (Å²) < 4.78 is 18.9. The molecule has 160 valence electrons. The molecule has 0 saturated carbocycles. The second-order valence-corrected chi connectivity index (χ2v) is 7.02. The molecule has 3 amide bonds. The fraction of sp³-hybridized carbons (Fsp3) is 0.318. The van der Waals surface area contributed by atoms with E-state index in [2.05, 4.69) is 16.0 Å². The number of methoxy groups -OCH3 is 1. The molecule has 0 aliphatic carbocycles. The number of ether oxygens (including phenoxy) is 1. The summed E-state index contributed by atoms with van der Waals surface area (Å²) in [5, 5.41) is 7.74. The second kappa shape index (κ2) is 10.9. The topological polar surface area (TPSA) is 96.5 Å². The summed E-state index contributed by atoms with van der Waals surface area (Å²) in [6, 6.07) is 11.8. The molecule has 3 N–H and O–H groups in total. The van der Waals surface area contributed by atoms with Crippen LogP contribution in [0.15, 0.2) is 48.5 Å². The molecular formula is C22H26FN3O4. The predicted molar refractivity (Wildman–Crippen MR) is 110 cm³/mol. The van der Waals surface area contributed by atoms with E-state index in [0.29, 0.717) is 6.54 Å². The van der Waals surface area contributed by atoms with Gasteiger partial charge in [-0.2, -0.15) is 0 Å². The van der Waals surface area contributed by atoms with Crippen molar-refractivity contribution in [2.24, 2.45) is 5.92 Å². The van der Waals surface area contributed by atoms with Crippen molar-refractivity contribution in [1.29, 1.82) is 0 Å². The van der Waals surface area contributed by atoms with E-state index in [0.717, 1.165) is 11.3 Å². The molecular weight excluding hydrogens is 389 g/mol. The number of halogens is 1. The number of hydrogen-bond donors (Lipinski definition) is 3.